The highest BCUT2D eigenvalue weighted by atomic mass is 127. The maximum absolute atomic E-state index is 11.8. The molecule has 0 aromatic carbocycles. The first-order chi connectivity index (χ1) is 11.0. The SMILES string of the molecule is CN=C(NCCCc1cnn(C)c1)N1CC(C)C(C(=O)OC)C1.I. The van der Waals surface area contributed by atoms with Crippen molar-refractivity contribution >= 4 is 35.9 Å². The zero-order valence-electron chi connectivity index (χ0n) is 14.9. The van der Waals surface area contributed by atoms with Crippen molar-refractivity contribution in [3.05, 3.63) is 18.0 Å². The molecule has 2 heterocycles. The number of aryl methyl sites for hydroxylation is 2. The van der Waals surface area contributed by atoms with Crippen LogP contribution in [-0.2, 0) is 23.0 Å². The van der Waals surface area contributed by atoms with Crippen LogP contribution < -0.4 is 5.32 Å². The van der Waals surface area contributed by atoms with Crippen LogP contribution in [0.3, 0.4) is 0 Å². The number of guanidine groups is 1. The van der Waals surface area contributed by atoms with E-state index in [4.69, 9.17) is 4.74 Å². The predicted octanol–water partition coefficient (Wildman–Crippen LogP) is 1.29. The van der Waals surface area contributed by atoms with Crippen LogP contribution in [0.4, 0.5) is 0 Å². The lowest BCUT2D eigenvalue weighted by molar-refractivity contribution is -0.145. The summed E-state index contributed by atoms with van der Waals surface area (Å²) in [6.07, 6.45) is 5.93. The summed E-state index contributed by atoms with van der Waals surface area (Å²) in [7, 11) is 5.15. The highest BCUT2D eigenvalue weighted by Crippen LogP contribution is 2.24. The summed E-state index contributed by atoms with van der Waals surface area (Å²) in [4.78, 5) is 18.3. The van der Waals surface area contributed by atoms with Gasteiger partial charge in [0.05, 0.1) is 19.2 Å². The number of hydrogen-bond acceptors (Lipinski definition) is 4. The summed E-state index contributed by atoms with van der Waals surface area (Å²) in [6, 6.07) is 0. The smallest absolute Gasteiger partial charge is 0.310 e. The molecule has 2 rings (SSSR count). The van der Waals surface area contributed by atoms with Gasteiger partial charge in [0, 0.05) is 39.9 Å². The van der Waals surface area contributed by atoms with E-state index >= 15 is 0 Å². The fraction of sp³-hybridized carbons (Fsp3) is 0.688. The van der Waals surface area contributed by atoms with Gasteiger partial charge in [-0.15, -0.1) is 24.0 Å². The Labute approximate surface area is 160 Å². The number of carbonyl (C=O) groups excluding carboxylic acids is 1. The molecule has 24 heavy (non-hydrogen) atoms. The molecule has 0 bridgehead atoms. The van der Waals surface area contributed by atoms with E-state index in [9.17, 15) is 4.79 Å². The molecule has 1 aliphatic rings. The molecule has 136 valence electrons. The van der Waals surface area contributed by atoms with Crippen molar-refractivity contribution in [3.63, 3.8) is 0 Å². The summed E-state index contributed by atoms with van der Waals surface area (Å²) in [5.41, 5.74) is 1.24. The average Bonchev–Trinajstić information content (AvgIpc) is 3.12. The number of likely N-dealkylation sites (tertiary alicyclic amines) is 1. The third kappa shape index (κ3) is 5.35. The second-order valence-electron chi connectivity index (χ2n) is 6.11. The van der Waals surface area contributed by atoms with Gasteiger partial charge in [-0.2, -0.15) is 5.10 Å². The molecular formula is C16H28IN5O2. The highest BCUT2D eigenvalue weighted by Gasteiger charge is 2.36. The number of nitrogens with one attached hydrogen (secondary N) is 1. The number of rotatable bonds is 5. The molecule has 1 aliphatic heterocycles. The first-order valence-electron chi connectivity index (χ1n) is 8.06. The normalized spacial score (nSPS) is 20.7. The Morgan fingerprint density at radius 2 is 2.25 bits per heavy atom. The van der Waals surface area contributed by atoms with Crippen molar-refractivity contribution in [3.8, 4) is 0 Å². The molecule has 0 amide bonds. The molecule has 7 nitrogen and oxygen atoms in total. The first kappa shape index (κ1) is 20.7. The van der Waals surface area contributed by atoms with E-state index in [1.54, 1.807) is 7.05 Å². The van der Waals surface area contributed by atoms with E-state index in [0.29, 0.717) is 6.54 Å². The largest absolute Gasteiger partial charge is 0.469 e. The maximum Gasteiger partial charge on any atom is 0.310 e. The summed E-state index contributed by atoms with van der Waals surface area (Å²) in [5.74, 6) is 0.923. The zero-order chi connectivity index (χ0) is 16.8. The molecule has 2 atom stereocenters. The number of ether oxygens (including phenoxy) is 1. The lowest BCUT2D eigenvalue weighted by atomic mass is 9.99. The Balaban J connectivity index is 0.00000288. The second-order valence-corrected chi connectivity index (χ2v) is 6.11. The van der Waals surface area contributed by atoms with Crippen LogP contribution in [0.25, 0.3) is 0 Å². The van der Waals surface area contributed by atoms with Gasteiger partial charge in [-0.1, -0.05) is 6.92 Å². The number of carbonyl (C=O) groups is 1. The molecular weight excluding hydrogens is 421 g/mol. The number of nitrogens with zero attached hydrogens (tertiary/aromatic N) is 4. The molecule has 1 fully saturated rings. The van der Waals surface area contributed by atoms with Crippen LogP contribution in [0.2, 0.25) is 0 Å². The van der Waals surface area contributed by atoms with Gasteiger partial charge in [0.25, 0.3) is 0 Å². The third-order valence-electron chi connectivity index (χ3n) is 4.31. The Morgan fingerprint density at radius 1 is 1.50 bits per heavy atom. The fourth-order valence-electron chi connectivity index (χ4n) is 3.02. The fourth-order valence-corrected chi connectivity index (χ4v) is 3.02. The molecule has 0 saturated carbocycles. The lowest BCUT2D eigenvalue weighted by Crippen LogP contribution is -2.41. The third-order valence-corrected chi connectivity index (χ3v) is 4.31. The van der Waals surface area contributed by atoms with Crippen molar-refractivity contribution in [1.29, 1.82) is 0 Å². The molecule has 8 heteroatoms. The summed E-state index contributed by atoms with van der Waals surface area (Å²) >= 11 is 0. The van der Waals surface area contributed by atoms with Gasteiger partial charge in [-0.05, 0) is 24.3 Å². The van der Waals surface area contributed by atoms with Gasteiger partial charge in [0.1, 0.15) is 0 Å². The minimum atomic E-state index is -0.132. The molecule has 0 aliphatic carbocycles. The monoisotopic (exact) mass is 449 g/mol. The van der Waals surface area contributed by atoms with Gasteiger partial charge in [-0.3, -0.25) is 14.5 Å². The van der Waals surface area contributed by atoms with E-state index in [0.717, 1.165) is 31.9 Å². The van der Waals surface area contributed by atoms with Crippen molar-refractivity contribution in [1.82, 2.24) is 20.0 Å². The predicted molar refractivity (Wildman–Crippen MR) is 105 cm³/mol. The van der Waals surface area contributed by atoms with E-state index in [2.05, 4.69) is 27.2 Å². The number of esters is 1. The molecule has 0 spiro atoms. The Hall–Kier alpha value is -1.32. The number of hydrogen-bond donors (Lipinski definition) is 1. The van der Waals surface area contributed by atoms with Crippen LogP contribution in [0.15, 0.2) is 17.4 Å². The number of methoxy groups -OCH3 is 1. The van der Waals surface area contributed by atoms with Crippen LogP contribution >= 0.6 is 24.0 Å². The van der Waals surface area contributed by atoms with E-state index in [1.165, 1.54) is 12.7 Å². The van der Waals surface area contributed by atoms with Crippen molar-refractivity contribution in [2.45, 2.75) is 19.8 Å². The summed E-state index contributed by atoms with van der Waals surface area (Å²) in [6.45, 7) is 4.41. The molecule has 1 aromatic heterocycles. The van der Waals surface area contributed by atoms with E-state index in [1.807, 2.05) is 24.1 Å². The van der Waals surface area contributed by atoms with Crippen molar-refractivity contribution < 1.29 is 9.53 Å². The van der Waals surface area contributed by atoms with Crippen LogP contribution in [0.5, 0.6) is 0 Å². The molecule has 0 radical (unpaired) electrons. The van der Waals surface area contributed by atoms with Gasteiger partial charge in [-0.25, -0.2) is 0 Å². The summed E-state index contributed by atoms with van der Waals surface area (Å²) < 4.78 is 6.70. The molecule has 1 aromatic rings. The lowest BCUT2D eigenvalue weighted by Gasteiger charge is -2.21. The van der Waals surface area contributed by atoms with E-state index < -0.39 is 0 Å². The van der Waals surface area contributed by atoms with Gasteiger partial charge in [0.15, 0.2) is 5.96 Å². The maximum atomic E-state index is 11.8. The number of halogens is 1. The Morgan fingerprint density at radius 3 is 2.83 bits per heavy atom. The van der Waals surface area contributed by atoms with E-state index in [-0.39, 0.29) is 41.8 Å². The van der Waals surface area contributed by atoms with Crippen LogP contribution in [0, 0.1) is 11.8 Å². The van der Waals surface area contributed by atoms with Crippen LogP contribution in [-0.4, -0.2) is 60.4 Å². The van der Waals surface area contributed by atoms with Crippen molar-refractivity contribution in [2.24, 2.45) is 23.9 Å². The minimum Gasteiger partial charge on any atom is -0.469 e. The topological polar surface area (TPSA) is 71.8 Å². The Kier molecular flexibility index (Phi) is 8.51. The number of aromatic nitrogens is 2. The first-order valence-corrected chi connectivity index (χ1v) is 8.06. The van der Waals surface area contributed by atoms with Crippen molar-refractivity contribution in [2.75, 3.05) is 33.8 Å². The molecule has 1 saturated heterocycles. The second kappa shape index (κ2) is 9.85. The zero-order valence-corrected chi connectivity index (χ0v) is 17.2. The quantitative estimate of drug-likeness (QED) is 0.241. The minimum absolute atomic E-state index is 0. The van der Waals surface area contributed by atoms with Gasteiger partial charge in [0.2, 0.25) is 0 Å². The highest BCUT2D eigenvalue weighted by molar-refractivity contribution is 14.0. The average molecular weight is 449 g/mol. The van der Waals surface area contributed by atoms with Crippen LogP contribution in [0.1, 0.15) is 18.9 Å². The summed E-state index contributed by atoms with van der Waals surface area (Å²) in [5, 5.41) is 7.55. The standard InChI is InChI=1S/C16H27N5O2.HI/c1-12-9-21(11-14(12)15(22)23-4)16(17-2)18-7-5-6-13-8-19-20(3)10-13;/h8,10,12,14H,5-7,9,11H2,1-4H3,(H,17,18);1H. The number of aliphatic imine (C=N–C) groups is 1. The molecule has 1 N–H and O–H groups in total. The molecule has 2 unspecified atom stereocenters. The Bertz CT molecular complexity index is 560. The van der Waals surface area contributed by atoms with Gasteiger partial charge < -0.3 is 15.0 Å². The van der Waals surface area contributed by atoms with Gasteiger partial charge >= 0.3 is 5.97 Å².